The third kappa shape index (κ3) is 3.09. The first-order chi connectivity index (χ1) is 8.94. The maximum atomic E-state index is 11.8. The molecule has 0 unspecified atom stereocenters. The van der Waals surface area contributed by atoms with E-state index in [-0.39, 0.29) is 16.3 Å². The molecule has 0 radical (unpaired) electrons. The van der Waals surface area contributed by atoms with E-state index in [0.717, 1.165) is 36.1 Å². The summed E-state index contributed by atoms with van der Waals surface area (Å²) in [5.41, 5.74) is 0.970. The van der Waals surface area contributed by atoms with Crippen molar-refractivity contribution in [2.45, 2.75) is 39.0 Å². The van der Waals surface area contributed by atoms with Crippen LogP contribution in [-0.4, -0.2) is 25.2 Å². The number of thiophene rings is 1. The molecule has 2 rings (SSSR count). The molecule has 1 aromatic heterocycles. The number of sulfonamides is 1. The van der Waals surface area contributed by atoms with E-state index >= 15 is 0 Å². The van der Waals surface area contributed by atoms with Gasteiger partial charge in [-0.2, -0.15) is 0 Å². The van der Waals surface area contributed by atoms with Gasteiger partial charge in [0.25, 0.3) is 0 Å². The first-order valence-electron chi connectivity index (χ1n) is 6.33. The maximum Gasteiger partial charge on any atom is 0.339 e. The van der Waals surface area contributed by atoms with Gasteiger partial charge in [-0.05, 0) is 37.7 Å². The molecule has 1 aromatic rings. The zero-order valence-electron chi connectivity index (χ0n) is 10.7. The van der Waals surface area contributed by atoms with E-state index in [9.17, 15) is 18.3 Å². The van der Waals surface area contributed by atoms with Crippen molar-refractivity contribution in [2.75, 3.05) is 10.5 Å². The van der Waals surface area contributed by atoms with Gasteiger partial charge in [0.05, 0.1) is 11.3 Å². The van der Waals surface area contributed by atoms with Gasteiger partial charge in [0, 0.05) is 4.88 Å². The Morgan fingerprint density at radius 3 is 2.68 bits per heavy atom. The number of rotatable bonds is 5. The van der Waals surface area contributed by atoms with Crippen molar-refractivity contribution in [3.8, 4) is 0 Å². The molecule has 7 heteroatoms. The number of aryl methyl sites for hydroxylation is 1. The highest BCUT2D eigenvalue weighted by Crippen LogP contribution is 2.38. The fraction of sp³-hybridized carbons (Fsp3) is 0.583. The van der Waals surface area contributed by atoms with Crippen LogP contribution < -0.4 is 4.72 Å². The molecule has 1 aliphatic rings. The largest absolute Gasteiger partial charge is 0.478 e. The molecule has 0 fully saturated rings. The molecule has 0 saturated heterocycles. The Balaban J connectivity index is 2.40. The summed E-state index contributed by atoms with van der Waals surface area (Å²) in [6, 6.07) is 0. The van der Waals surface area contributed by atoms with Crippen molar-refractivity contribution < 1.29 is 18.3 Å². The van der Waals surface area contributed by atoms with Crippen LogP contribution in [0.2, 0.25) is 0 Å². The number of anilines is 1. The number of hydrogen-bond donors (Lipinski definition) is 2. The van der Waals surface area contributed by atoms with Crippen molar-refractivity contribution in [3.05, 3.63) is 16.0 Å². The van der Waals surface area contributed by atoms with Crippen molar-refractivity contribution in [2.24, 2.45) is 0 Å². The SMILES string of the molecule is CCCS(=O)(=O)Nc1sc2c(c1C(=O)O)CCCC2. The van der Waals surface area contributed by atoms with Gasteiger partial charge < -0.3 is 5.11 Å². The molecule has 0 aromatic carbocycles. The van der Waals surface area contributed by atoms with Crippen molar-refractivity contribution >= 4 is 32.3 Å². The van der Waals surface area contributed by atoms with Gasteiger partial charge in [0.1, 0.15) is 5.00 Å². The van der Waals surface area contributed by atoms with Crippen molar-refractivity contribution in [1.29, 1.82) is 0 Å². The Bertz CT molecular complexity index is 589. The van der Waals surface area contributed by atoms with Gasteiger partial charge in [-0.3, -0.25) is 4.72 Å². The van der Waals surface area contributed by atoms with Gasteiger partial charge in [-0.25, -0.2) is 13.2 Å². The van der Waals surface area contributed by atoms with Crippen LogP contribution in [0.1, 0.15) is 47.0 Å². The summed E-state index contributed by atoms with van der Waals surface area (Å²) in [5, 5.41) is 9.58. The van der Waals surface area contributed by atoms with E-state index in [1.54, 1.807) is 6.92 Å². The number of hydrogen-bond acceptors (Lipinski definition) is 4. The van der Waals surface area contributed by atoms with Gasteiger partial charge in [0.2, 0.25) is 10.0 Å². The smallest absolute Gasteiger partial charge is 0.339 e. The second-order valence-corrected chi connectivity index (χ2v) is 7.59. The van der Waals surface area contributed by atoms with Gasteiger partial charge in [-0.15, -0.1) is 11.3 Å². The highest BCUT2D eigenvalue weighted by atomic mass is 32.2. The molecule has 1 aliphatic carbocycles. The Kier molecular flexibility index (Phi) is 4.15. The molecule has 0 bridgehead atoms. The minimum Gasteiger partial charge on any atom is -0.478 e. The zero-order chi connectivity index (χ0) is 14.0. The van der Waals surface area contributed by atoms with Crippen molar-refractivity contribution in [1.82, 2.24) is 0 Å². The molecule has 1 heterocycles. The van der Waals surface area contributed by atoms with E-state index in [2.05, 4.69) is 4.72 Å². The van der Waals surface area contributed by atoms with E-state index in [1.807, 2.05) is 0 Å². The second kappa shape index (κ2) is 5.50. The van der Waals surface area contributed by atoms with Crippen LogP contribution in [-0.2, 0) is 22.9 Å². The van der Waals surface area contributed by atoms with Crippen LogP contribution in [0.4, 0.5) is 5.00 Å². The highest BCUT2D eigenvalue weighted by Gasteiger charge is 2.26. The zero-order valence-corrected chi connectivity index (χ0v) is 12.4. The number of nitrogens with one attached hydrogen (secondary N) is 1. The summed E-state index contributed by atoms with van der Waals surface area (Å²) >= 11 is 1.27. The summed E-state index contributed by atoms with van der Waals surface area (Å²) in [4.78, 5) is 12.4. The lowest BCUT2D eigenvalue weighted by Crippen LogP contribution is -2.17. The first kappa shape index (κ1) is 14.3. The molecular weight excluding hydrogens is 286 g/mol. The molecule has 0 saturated carbocycles. The molecule has 2 N–H and O–H groups in total. The number of carboxylic acids is 1. The van der Waals surface area contributed by atoms with Gasteiger partial charge in [0.15, 0.2) is 0 Å². The van der Waals surface area contributed by atoms with Crippen molar-refractivity contribution in [3.63, 3.8) is 0 Å². The quantitative estimate of drug-likeness (QED) is 0.875. The lowest BCUT2D eigenvalue weighted by molar-refractivity contribution is 0.0697. The normalized spacial score (nSPS) is 15.0. The van der Waals surface area contributed by atoms with E-state index in [1.165, 1.54) is 11.3 Å². The minimum atomic E-state index is -3.44. The maximum absolute atomic E-state index is 11.8. The monoisotopic (exact) mass is 303 g/mol. The fourth-order valence-corrected chi connectivity index (χ4v) is 5.03. The van der Waals surface area contributed by atoms with Gasteiger partial charge >= 0.3 is 5.97 Å². The summed E-state index contributed by atoms with van der Waals surface area (Å²) in [6.45, 7) is 1.77. The topological polar surface area (TPSA) is 83.5 Å². The number of carboxylic acid groups (broad SMARTS) is 1. The first-order valence-corrected chi connectivity index (χ1v) is 8.80. The summed E-state index contributed by atoms with van der Waals surface area (Å²) in [7, 11) is -3.44. The number of aromatic carboxylic acids is 1. The lowest BCUT2D eigenvalue weighted by Gasteiger charge is -2.10. The Morgan fingerprint density at radius 2 is 2.05 bits per heavy atom. The molecule has 0 atom stereocenters. The average molecular weight is 303 g/mol. The predicted molar refractivity (Wildman–Crippen MR) is 75.6 cm³/mol. The predicted octanol–water partition coefficient (Wildman–Crippen LogP) is 2.48. The van der Waals surface area contributed by atoms with E-state index < -0.39 is 16.0 Å². The molecule has 0 spiro atoms. The minimum absolute atomic E-state index is 0.00856. The molecule has 19 heavy (non-hydrogen) atoms. The van der Waals surface area contributed by atoms with E-state index in [4.69, 9.17) is 0 Å². The number of fused-ring (bicyclic) bond motifs is 1. The van der Waals surface area contributed by atoms with Crippen LogP contribution in [0.25, 0.3) is 0 Å². The molecular formula is C12H17NO4S2. The summed E-state index contributed by atoms with van der Waals surface area (Å²) in [5.74, 6) is -1.04. The fourth-order valence-electron chi connectivity index (χ4n) is 2.33. The molecule has 5 nitrogen and oxygen atoms in total. The third-order valence-corrected chi connectivity index (χ3v) is 5.90. The summed E-state index contributed by atoms with van der Waals surface area (Å²) < 4.78 is 26.0. The van der Waals surface area contributed by atoms with Gasteiger partial charge in [-0.1, -0.05) is 6.92 Å². The Hall–Kier alpha value is -1.08. The van der Waals surface area contributed by atoms with Crippen LogP contribution in [0.5, 0.6) is 0 Å². The van der Waals surface area contributed by atoms with Crippen LogP contribution in [0.3, 0.4) is 0 Å². The number of carbonyl (C=O) groups is 1. The Morgan fingerprint density at radius 1 is 1.37 bits per heavy atom. The second-order valence-electron chi connectivity index (χ2n) is 4.64. The van der Waals surface area contributed by atoms with E-state index in [0.29, 0.717) is 6.42 Å². The molecule has 0 aliphatic heterocycles. The Labute approximate surface area is 116 Å². The van der Waals surface area contributed by atoms with Crippen LogP contribution in [0.15, 0.2) is 0 Å². The third-order valence-electron chi connectivity index (χ3n) is 3.11. The molecule has 0 amide bonds. The highest BCUT2D eigenvalue weighted by molar-refractivity contribution is 7.92. The summed E-state index contributed by atoms with van der Waals surface area (Å²) in [6.07, 6.45) is 4.07. The van der Waals surface area contributed by atoms with Crippen LogP contribution in [0, 0.1) is 0 Å². The molecule has 106 valence electrons. The lowest BCUT2D eigenvalue weighted by atomic mass is 9.96. The van der Waals surface area contributed by atoms with Crippen LogP contribution >= 0.6 is 11.3 Å². The average Bonchev–Trinajstić information content (AvgIpc) is 2.65. The standard InChI is InChI=1S/C12H17NO4S2/c1-2-7-19(16,17)13-11-10(12(14)15)8-5-3-4-6-9(8)18-11/h13H,2-7H2,1H3,(H,14,15).